The molecule has 1 N–H and O–H groups in total. The van der Waals surface area contributed by atoms with Crippen molar-refractivity contribution in [2.75, 3.05) is 18.5 Å². The zero-order chi connectivity index (χ0) is 31.8. The van der Waals surface area contributed by atoms with Crippen molar-refractivity contribution < 1.29 is 28.3 Å². The molecule has 9 nitrogen and oxygen atoms in total. The third-order valence-electron chi connectivity index (χ3n) is 8.22. The second kappa shape index (κ2) is 12.2. The number of benzene rings is 2. The van der Waals surface area contributed by atoms with E-state index < -0.39 is 23.2 Å². The number of amides is 3. The summed E-state index contributed by atoms with van der Waals surface area (Å²) < 4.78 is 20.2. The number of nitrogens with one attached hydrogen (secondary N) is 1. The van der Waals surface area contributed by atoms with Crippen LogP contribution in [0.15, 0.2) is 60.9 Å². The van der Waals surface area contributed by atoms with E-state index in [-0.39, 0.29) is 41.9 Å². The number of likely N-dealkylation sites (N-methyl/N-ethyl adjacent to an activating group) is 1. The predicted octanol–water partition coefficient (Wildman–Crippen LogP) is 4.99. The van der Waals surface area contributed by atoms with Crippen LogP contribution in [0, 0.1) is 17.2 Å². The van der Waals surface area contributed by atoms with E-state index in [1.165, 1.54) is 15.9 Å². The lowest BCUT2D eigenvalue weighted by Crippen LogP contribution is -2.45. The van der Waals surface area contributed by atoms with Gasteiger partial charge in [-0.05, 0) is 106 Å². The van der Waals surface area contributed by atoms with Crippen molar-refractivity contribution in [3.05, 3.63) is 83.4 Å². The van der Waals surface area contributed by atoms with Crippen molar-refractivity contribution in [2.45, 2.75) is 59.2 Å². The number of rotatable bonds is 7. The first kappa shape index (κ1) is 30.8. The summed E-state index contributed by atoms with van der Waals surface area (Å²) in [7, 11) is 1.63. The zero-order valence-corrected chi connectivity index (χ0v) is 25.6. The molecule has 230 valence electrons. The number of nitrogens with zero attached hydrogens (tertiary/aromatic N) is 3. The number of carbonyl (C=O) groups excluding carboxylic acids is 4. The number of carbonyl (C=O) groups is 4. The van der Waals surface area contributed by atoms with Crippen LogP contribution in [0.1, 0.15) is 66.8 Å². The summed E-state index contributed by atoms with van der Waals surface area (Å²) in [6, 6.07) is 12.2. The molecule has 2 aromatic carbocycles. The van der Waals surface area contributed by atoms with Crippen LogP contribution in [0.4, 0.5) is 10.1 Å². The SMILES string of the molecule is C[C@@H]1C(=O)N(C)c2cc(-c3ccncc3)ccc2C(=O)N1Cc1cc(F)cc(C(=O)NC[C@H]2C[C@@H](OC(=O)C(C)(C)C)C2)c1. The minimum atomic E-state index is -0.830. The van der Waals surface area contributed by atoms with Crippen molar-refractivity contribution in [1.82, 2.24) is 15.2 Å². The van der Waals surface area contributed by atoms with E-state index in [1.807, 2.05) is 18.2 Å². The highest BCUT2D eigenvalue weighted by atomic mass is 19.1. The van der Waals surface area contributed by atoms with Crippen molar-refractivity contribution in [1.29, 1.82) is 0 Å². The van der Waals surface area contributed by atoms with Gasteiger partial charge >= 0.3 is 5.97 Å². The Morgan fingerprint density at radius 3 is 2.41 bits per heavy atom. The fourth-order valence-corrected chi connectivity index (χ4v) is 5.46. The second-order valence-corrected chi connectivity index (χ2v) is 12.6. The van der Waals surface area contributed by atoms with Gasteiger partial charge in [0.2, 0.25) is 5.91 Å². The fourth-order valence-electron chi connectivity index (χ4n) is 5.46. The van der Waals surface area contributed by atoms with Crippen LogP contribution < -0.4 is 10.2 Å². The molecule has 0 radical (unpaired) electrons. The first-order valence-corrected chi connectivity index (χ1v) is 14.7. The summed E-state index contributed by atoms with van der Waals surface area (Å²) in [4.78, 5) is 59.2. The summed E-state index contributed by atoms with van der Waals surface area (Å²) in [6.07, 6.45) is 4.49. The maximum absolute atomic E-state index is 14.7. The lowest BCUT2D eigenvalue weighted by molar-refractivity contribution is -0.165. The number of ether oxygens (including phenoxy) is 1. The highest BCUT2D eigenvalue weighted by Crippen LogP contribution is 2.33. The average molecular weight is 601 g/mol. The number of hydrogen-bond acceptors (Lipinski definition) is 6. The van der Waals surface area contributed by atoms with Gasteiger partial charge in [-0.15, -0.1) is 0 Å². The van der Waals surface area contributed by atoms with Crippen LogP contribution in [-0.2, 0) is 20.9 Å². The second-order valence-electron chi connectivity index (χ2n) is 12.6. The molecule has 3 aromatic rings. The Labute approximate surface area is 256 Å². The molecule has 1 aliphatic heterocycles. The molecule has 5 rings (SSSR count). The Kier molecular flexibility index (Phi) is 8.54. The first-order chi connectivity index (χ1) is 20.8. The Hall–Kier alpha value is -4.60. The van der Waals surface area contributed by atoms with E-state index in [9.17, 15) is 23.6 Å². The highest BCUT2D eigenvalue weighted by Gasteiger charge is 2.37. The predicted molar refractivity (Wildman–Crippen MR) is 163 cm³/mol. The van der Waals surface area contributed by atoms with Gasteiger partial charge in [0.25, 0.3) is 11.8 Å². The summed E-state index contributed by atoms with van der Waals surface area (Å²) in [5.74, 6) is -1.81. The Bertz CT molecular complexity index is 1600. The maximum atomic E-state index is 14.7. The maximum Gasteiger partial charge on any atom is 0.311 e. The van der Waals surface area contributed by atoms with E-state index in [0.717, 1.165) is 17.2 Å². The summed E-state index contributed by atoms with van der Waals surface area (Å²) in [5.41, 5.74) is 2.51. The smallest absolute Gasteiger partial charge is 0.311 e. The Morgan fingerprint density at radius 1 is 1.02 bits per heavy atom. The van der Waals surface area contributed by atoms with Crippen LogP contribution in [-0.4, -0.2) is 59.3 Å². The van der Waals surface area contributed by atoms with Gasteiger partial charge in [-0.2, -0.15) is 0 Å². The van der Waals surface area contributed by atoms with Crippen molar-refractivity contribution in [3.63, 3.8) is 0 Å². The molecule has 1 fully saturated rings. The molecule has 44 heavy (non-hydrogen) atoms. The quantitative estimate of drug-likeness (QED) is 0.383. The molecule has 10 heteroatoms. The average Bonchev–Trinajstić information content (AvgIpc) is 3.03. The topological polar surface area (TPSA) is 109 Å². The molecule has 0 saturated heterocycles. The van der Waals surface area contributed by atoms with Gasteiger partial charge < -0.3 is 19.9 Å². The third-order valence-corrected chi connectivity index (χ3v) is 8.22. The standard InChI is InChI=1S/C34H37FN4O5/c1-20-31(41)38(5)29-17-24(23-8-10-36-11-9-23)6-7-28(29)32(42)39(20)19-22-12-25(16-26(35)13-22)30(40)37-18-21-14-27(15-21)44-33(43)34(2,3)4/h6-13,16-17,20-21,27H,14-15,18-19H2,1-5H3,(H,37,40)/t20-,21-,27+/m1/s1. The first-order valence-electron chi connectivity index (χ1n) is 14.7. The third kappa shape index (κ3) is 6.49. The van der Waals surface area contributed by atoms with Crippen LogP contribution in [0.25, 0.3) is 11.1 Å². The minimum absolute atomic E-state index is 0.0629. The van der Waals surface area contributed by atoms with Crippen LogP contribution in [0.3, 0.4) is 0 Å². The number of esters is 1. The number of hydrogen-bond donors (Lipinski definition) is 1. The largest absolute Gasteiger partial charge is 0.462 e. The molecule has 3 amide bonds. The normalized spacial score (nSPS) is 20.0. The number of fused-ring (bicyclic) bond motifs is 1. The summed E-state index contributed by atoms with van der Waals surface area (Å²) in [6.45, 7) is 7.36. The van der Waals surface area contributed by atoms with Gasteiger partial charge in [0, 0.05) is 38.1 Å². The molecular formula is C34H37FN4O5. The van der Waals surface area contributed by atoms with E-state index in [0.29, 0.717) is 36.2 Å². The van der Waals surface area contributed by atoms with Gasteiger partial charge in [0.1, 0.15) is 18.0 Å². The highest BCUT2D eigenvalue weighted by molar-refractivity contribution is 6.11. The number of aromatic nitrogens is 1. The summed E-state index contributed by atoms with van der Waals surface area (Å²) >= 11 is 0. The monoisotopic (exact) mass is 600 g/mol. The van der Waals surface area contributed by atoms with Gasteiger partial charge in [-0.25, -0.2) is 4.39 Å². The van der Waals surface area contributed by atoms with Gasteiger partial charge in [0.05, 0.1) is 16.7 Å². The van der Waals surface area contributed by atoms with E-state index in [4.69, 9.17) is 4.74 Å². The molecular weight excluding hydrogens is 563 g/mol. The van der Waals surface area contributed by atoms with Gasteiger partial charge in [0.15, 0.2) is 0 Å². The molecule has 1 saturated carbocycles. The van der Waals surface area contributed by atoms with E-state index in [2.05, 4.69) is 10.3 Å². The molecule has 2 aliphatic rings. The van der Waals surface area contributed by atoms with Gasteiger partial charge in [-0.1, -0.05) is 6.07 Å². The molecule has 0 spiro atoms. The van der Waals surface area contributed by atoms with Gasteiger partial charge in [-0.3, -0.25) is 24.2 Å². The lowest BCUT2D eigenvalue weighted by atomic mass is 9.82. The van der Waals surface area contributed by atoms with Crippen LogP contribution in [0.2, 0.25) is 0 Å². The molecule has 1 aliphatic carbocycles. The molecule has 0 bridgehead atoms. The molecule has 1 atom stereocenters. The minimum Gasteiger partial charge on any atom is -0.462 e. The number of pyridine rings is 1. The number of anilines is 1. The molecule has 1 aromatic heterocycles. The summed E-state index contributed by atoms with van der Waals surface area (Å²) in [5, 5.41) is 2.84. The number of halogens is 1. The van der Waals surface area contributed by atoms with Crippen LogP contribution in [0.5, 0.6) is 0 Å². The van der Waals surface area contributed by atoms with E-state index in [1.54, 1.807) is 65.3 Å². The molecule has 0 unspecified atom stereocenters. The Balaban J connectivity index is 1.28. The van der Waals surface area contributed by atoms with Crippen molar-refractivity contribution in [2.24, 2.45) is 11.3 Å². The van der Waals surface area contributed by atoms with E-state index >= 15 is 0 Å². The van der Waals surface area contributed by atoms with Crippen molar-refractivity contribution >= 4 is 29.4 Å². The fraction of sp³-hybridized carbons (Fsp3) is 0.382. The lowest BCUT2D eigenvalue weighted by Gasteiger charge is -2.36. The van der Waals surface area contributed by atoms with Crippen molar-refractivity contribution in [3.8, 4) is 11.1 Å². The zero-order valence-electron chi connectivity index (χ0n) is 25.6. The van der Waals surface area contributed by atoms with Crippen LogP contribution >= 0.6 is 0 Å². The molecule has 2 heterocycles. The Morgan fingerprint density at radius 2 is 1.73 bits per heavy atom.